The summed E-state index contributed by atoms with van der Waals surface area (Å²) in [5.41, 5.74) is 9.00. The number of halogens is 1. The second-order valence-corrected chi connectivity index (χ2v) is 5.84. The van der Waals surface area contributed by atoms with Crippen molar-refractivity contribution in [2.45, 2.75) is 25.8 Å². The molecule has 3 N–H and O–H groups in total. The Labute approximate surface area is 133 Å². The molecule has 21 heavy (non-hydrogen) atoms. The Morgan fingerprint density at radius 1 is 1.24 bits per heavy atom. The molecule has 4 heteroatoms. The first-order valence-corrected chi connectivity index (χ1v) is 7.78. The van der Waals surface area contributed by atoms with E-state index in [1.807, 2.05) is 48.5 Å². The van der Waals surface area contributed by atoms with Crippen LogP contribution in [-0.4, -0.2) is 5.91 Å². The molecule has 3 nitrogen and oxygen atoms in total. The number of benzene rings is 2. The van der Waals surface area contributed by atoms with Crippen molar-refractivity contribution in [3.63, 3.8) is 0 Å². The molecule has 0 spiro atoms. The van der Waals surface area contributed by atoms with Crippen LogP contribution in [0.3, 0.4) is 0 Å². The van der Waals surface area contributed by atoms with Gasteiger partial charge in [-0.1, -0.05) is 53.2 Å². The van der Waals surface area contributed by atoms with E-state index in [9.17, 15) is 4.79 Å². The van der Waals surface area contributed by atoms with Crippen molar-refractivity contribution in [2.75, 3.05) is 5.32 Å². The normalized spacial score (nSPS) is 12.0. The van der Waals surface area contributed by atoms with Crippen LogP contribution in [0.1, 0.15) is 30.5 Å². The number of nitrogens with two attached hydrogens (primary N) is 1. The van der Waals surface area contributed by atoms with Crippen LogP contribution in [0.4, 0.5) is 5.69 Å². The second-order valence-electron chi connectivity index (χ2n) is 4.92. The molecule has 0 heterocycles. The summed E-state index contributed by atoms with van der Waals surface area (Å²) in [6.07, 6.45) is 1.13. The minimum absolute atomic E-state index is 0.0663. The van der Waals surface area contributed by atoms with Gasteiger partial charge in [0.15, 0.2) is 0 Å². The highest BCUT2D eigenvalue weighted by molar-refractivity contribution is 9.10. The number of carbonyl (C=O) groups is 1. The number of hydrogen-bond acceptors (Lipinski definition) is 2. The van der Waals surface area contributed by atoms with Crippen LogP contribution in [0.5, 0.6) is 0 Å². The maximum absolute atomic E-state index is 12.1. The molecule has 1 atom stereocenters. The minimum Gasteiger partial charge on any atom is -0.326 e. The fraction of sp³-hybridized carbons (Fsp3) is 0.235. The van der Waals surface area contributed by atoms with Gasteiger partial charge >= 0.3 is 0 Å². The van der Waals surface area contributed by atoms with Crippen LogP contribution in [0.15, 0.2) is 53.0 Å². The van der Waals surface area contributed by atoms with E-state index in [2.05, 4.69) is 28.2 Å². The standard InChI is InChI=1S/C17H19BrN2O/c1-2-12-10-14(18)8-9-16(12)20-17(21)11-15(19)13-6-4-3-5-7-13/h3-10,15H,2,11,19H2,1H3,(H,20,21). The first-order valence-electron chi connectivity index (χ1n) is 6.99. The van der Waals surface area contributed by atoms with Gasteiger partial charge in [0.2, 0.25) is 5.91 Å². The smallest absolute Gasteiger partial charge is 0.226 e. The summed E-state index contributed by atoms with van der Waals surface area (Å²) in [6, 6.07) is 15.2. The summed E-state index contributed by atoms with van der Waals surface area (Å²) >= 11 is 3.44. The Kier molecular flexibility index (Phi) is 5.53. The average Bonchev–Trinajstić information content (AvgIpc) is 2.49. The second kappa shape index (κ2) is 7.38. The molecule has 0 aliphatic rings. The van der Waals surface area contributed by atoms with Gasteiger partial charge in [0, 0.05) is 22.6 Å². The summed E-state index contributed by atoms with van der Waals surface area (Å²) in [7, 11) is 0. The Hall–Kier alpha value is -1.65. The molecule has 2 rings (SSSR count). The largest absolute Gasteiger partial charge is 0.326 e. The molecule has 0 aliphatic carbocycles. The van der Waals surface area contributed by atoms with E-state index in [1.165, 1.54) is 0 Å². The molecule has 0 aliphatic heterocycles. The van der Waals surface area contributed by atoms with Gasteiger partial charge in [0.1, 0.15) is 0 Å². The van der Waals surface area contributed by atoms with Crippen LogP contribution in [0, 0.1) is 0 Å². The third kappa shape index (κ3) is 4.41. The van der Waals surface area contributed by atoms with Crippen molar-refractivity contribution in [2.24, 2.45) is 5.73 Å². The molecule has 1 unspecified atom stereocenters. The Bertz CT molecular complexity index is 613. The Morgan fingerprint density at radius 3 is 2.62 bits per heavy atom. The third-order valence-corrected chi connectivity index (χ3v) is 3.85. The van der Waals surface area contributed by atoms with Crippen molar-refractivity contribution < 1.29 is 4.79 Å². The van der Waals surface area contributed by atoms with E-state index < -0.39 is 0 Å². The first kappa shape index (κ1) is 15.7. The predicted octanol–water partition coefficient (Wildman–Crippen LogP) is 4.04. The zero-order valence-electron chi connectivity index (χ0n) is 12.0. The predicted molar refractivity (Wildman–Crippen MR) is 90.1 cm³/mol. The van der Waals surface area contributed by atoms with Crippen molar-refractivity contribution in [1.29, 1.82) is 0 Å². The summed E-state index contributed by atoms with van der Waals surface area (Å²) < 4.78 is 1.01. The zero-order chi connectivity index (χ0) is 15.2. The summed E-state index contributed by atoms with van der Waals surface area (Å²) in [6.45, 7) is 2.06. The summed E-state index contributed by atoms with van der Waals surface area (Å²) in [4.78, 5) is 12.1. The monoisotopic (exact) mass is 346 g/mol. The highest BCUT2D eigenvalue weighted by Crippen LogP contribution is 2.22. The molecule has 1 amide bonds. The number of carbonyl (C=O) groups excluding carboxylic acids is 1. The Balaban J connectivity index is 2.02. The fourth-order valence-corrected chi connectivity index (χ4v) is 2.60. The fourth-order valence-electron chi connectivity index (χ4n) is 2.20. The van der Waals surface area contributed by atoms with E-state index >= 15 is 0 Å². The van der Waals surface area contributed by atoms with Gasteiger partial charge in [-0.15, -0.1) is 0 Å². The number of nitrogens with one attached hydrogen (secondary N) is 1. The number of rotatable bonds is 5. The summed E-state index contributed by atoms with van der Waals surface area (Å²) in [5.74, 6) is -0.0663. The lowest BCUT2D eigenvalue weighted by atomic mass is 10.0. The molecular formula is C17H19BrN2O. The maximum Gasteiger partial charge on any atom is 0.226 e. The van der Waals surface area contributed by atoms with Gasteiger partial charge in [-0.3, -0.25) is 4.79 Å². The minimum atomic E-state index is -0.285. The Morgan fingerprint density at radius 2 is 1.95 bits per heavy atom. The van der Waals surface area contributed by atoms with Crippen molar-refractivity contribution in [3.8, 4) is 0 Å². The van der Waals surface area contributed by atoms with Gasteiger partial charge < -0.3 is 11.1 Å². The lowest BCUT2D eigenvalue weighted by molar-refractivity contribution is -0.116. The van der Waals surface area contributed by atoms with E-state index in [-0.39, 0.29) is 18.4 Å². The van der Waals surface area contributed by atoms with Gasteiger partial charge in [-0.05, 0) is 35.7 Å². The van der Waals surface area contributed by atoms with Crippen LogP contribution in [-0.2, 0) is 11.2 Å². The van der Waals surface area contributed by atoms with Gasteiger partial charge in [0.05, 0.1) is 0 Å². The molecule has 2 aromatic carbocycles. The van der Waals surface area contributed by atoms with E-state index in [0.717, 1.165) is 27.7 Å². The number of amides is 1. The molecular weight excluding hydrogens is 328 g/mol. The van der Waals surface area contributed by atoms with Crippen LogP contribution in [0.2, 0.25) is 0 Å². The van der Waals surface area contributed by atoms with Crippen molar-refractivity contribution in [1.82, 2.24) is 0 Å². The maximum atomic E-state index is 12.1. The van der Waals surface area contributed by atoms with E-state index in [4.69, 9.17) is 5.73 Å². The number of anilines is 1. The lowest BCUT2D eigenvalue weighted by Gasteiger charge is -2.14. The van der Waals surface area contributed by atoms with Gasteiger partial charge in [-0.25, -0.2) is 0 Å². The summed E-state index contributed by atoms with van der Waals surface area (Å²) in [5, 5.41) is 2.95. The molecule has 2 aromatic rings. The van der Waals surface area contributed by atoms with Gasteiger partial charge in [0.25, 0.3) is 0 Å². The topological polar surface area (TPSA) is 55.1 Å². The molecule has 0 radical (unpaired) electrons. The van der Waals surface area contributed by atoms with E-state index in [1.54, 1.807) is 0 Å². The SMILES string of the molecule is CCc1cc(Br)ccc1NC(=O)CC(N)c1ccccc1. The van der Waals surface area contributed by atoms with E-state index in [0.29, 0.717) is 0 Å². The van der Waals surface area contributed by atoms with Crippen LogP contribution >= 0.6 is 15.9 Å². The average molecular weight is 347 g/mol. The molecule has 0 aromatic heterocycles. The number of hydrogen-bond donors (Lipinski definition) is 2. The quantitative estimate of drug-likeness (QED) is 0.858. The van der Waals surface area contributed by atoms with Crippen molar-refractivity contribution in [3.05, 3.63) is 64.1 Å². The van der Waals surface area contributed by atoms with Crippen molar-refractivity contribution >= 4 is 27.5 Å². The first-order chi connectivity index (χ1) is 10.1. The molecule has 0 saturated carbocycles. The third-order valence-electron chi connectivity index (χ3n) is 3.36. The lowest BCUT2D eigenvalue weighted by Crippen LogP contribution is -2.21. The molecule has 110 valence electrons. The van der Waals surface area contributed by atoms with Gasteiger partial charge in [-0.2, -0.15) is 0 Å². The van der Waals surface area contributed by atoms with Crippen LogP contribution in [0.25, 0.3) is 0 Å². The molecule has 0 bridgehead atoms. The zero-order valence-corrected chi connectivity index (χ0v) is 13.6. The molecule has 0 saturated heterocycles. The van der Waals surface area contributed by atoms with Crippen LogP contribution < -0.4 is 11.1 Å². The highest BCUT2D eigenvalue weighted by Gasteiger charge is 2.12. The number of aryl methyl sites for hydroxylation is 1. The highest BCUT2D eigenvalue weighted by atomic mass is 79.9. The molecule has 0 fully saturated rings.